The van der Waals surface area contributed by atoms with Crippen LogP contribution in [-0.2, 0) is 19.0 Å². The highest BCUT2D eigenvalue weighted by molar-refractivity contribution is 5.81. The summed E-state index contributed by atoms with van der Waals surface area (Å²) in [6.07, 6.45) is 11.0. The lowest BCUT2D eigenvalue weighted by atomic mass is 10.1. The normalized spacial score (nSPS) is 11.8. The van der Waals surface area contributed by atoms with Crippen molar-refractivity contribution in [2.24, 2.45) is 0 Å². The number of carbonyl (C=O) groups is 2. The Balaban J connectivity index is 4.16. The van der Waals surface area contributed by atoms with E-state index in [0.29, 0.717) is 19.6 Å². The molecule has 0 saturated carbocycles. The fraction of sp³-hybridized carbons (Fsp3) is 0.900. The fourth-order valence-electron chi connectivity index (χ4n) is 2.58. The maximum atomic E-state index is 12.3. The second-order valence-electron chi connectivity index (χ2n) is 6.61. The summed E-state index contributed by atoms with van der Waals surface area (Å²) in [4.78, 5) is 24.1. The molecule has 1 N–H and O–H groups in total. The zero-order valence-corrected chi connectivity index (χ0v) is 17.0. The number of rotatable bonds is 17. The van der Waals surface area contributed by atoms with E-state index in [9.17, 15) is 9.59 Å². The lowest BCUT2D eigenvalue weighted by Gasteiger charge is -2.17. The van der Waals surface area contributed by atoms with E-state index in [-0.39, 0.29) is 12.6 Å². The predicted molar refractivity (Wildman–Crippen MR) is 103 cm³/mol. The lowest BCUT2D eigenvalue weighted by molar-refractivity contribution is -0.146. The SMILES string of the molecule is CCCCCCCCOC(=O)C(CCCCCC)NC(=O)OCCOC. The lowest BCUT2D eigenvalue weighted by Crippen LogP contribution is -2.42. The van der Waals surface area contributed by atoms with Crippen LogP contribution in [0.3, 0.4) is 0 Å². The van der Waals surface area contributed by atoms with Gasteiger partial charge in [-0.2, -0.15) is 0 Å². The molecule has 6 heteroatoms. The van der Waals surface area contributed by atoms with Crippen LogP contribution in [0.4, 0.5) is 4.79 Å². The van der Waals surface area contributed by atoms with E-state index in [1.54, 1.807) is 0 Å². The smallest absolute Gasteiger partial charge is 0.407 e. The molecular weight excluding hydrogens is 334 g/mol. The van der Waals surface area contributed by atoms with Gasteiger partial charge in [0.15, 0.2) is 0 Å². The third-order valence-corrected chi connectivity index (χ3v) is 4.19. The summed E-state index contributed by atoms with van der Waals surface area (Å²) in [6.45, 7) is 5.24. The molecule has 0 aromatic heterocycles. The minimum Gasteiger partial charge on any atom is -0.464 e. The van der Waals surface area contributed by atoms with E-state index in [2.05, 4.69) is 19.2 Å². The van der Waals surface area contributed by atoms with Gasteiger partial charge in [0, 0.05) is 7.11 Å². The van der Waals surface area contributed by atoms with Crippen LogP contribution in [0, 0.1) is 0 Å². The largest absolute Gasteiger partial charge is 0.464 e. The Labute approximate surface area is 159 Å². The van der Waals surface area contributed by atoms with Crippen LogP contribution in [0.15, 0.2) is 0 Å². The van der Waals surface area contributed by atoms with Gasteiger partial charge >= 0.3 is 12.1 Å². The molecule has 1 amide bonds. The minimum atomic E-state index is -0.637. The van der Waals surface area contributed by atoms with Gasteiger partial charge in [-0.1, -0.05) is 71.6 Å². The maximum Gasteiger partial charge on any atom is 0.407 e. The van der Waals surface area contributed by atoms with E-state index in [0.717, 1.165) is 38.5 Å². The van der Waals surface area contributed by atoms with Crippen molar-refractivity contribution in [3.63, 3.8) is 0 Å². The summed E-state index contributed by atoms with van der Waals surface area (Å²) in [6, 6.07) is -0.637. The van der Waals surface area contributed by atoms with Gasteiger partial charge in [-0.15, -0.1) is 0 Å². The quantitative estimate of drug-likeness (QED) is 0.298. The molecule has 1 atom stereocenters. The number of carbonyl (C=O) groups excluding carboxylic acids is 2. The molecule has 26 heavy (non-hydrogen) atoms. The molecule has 0 bridgehead atoms. The molecule has 6 nitrogen and oxygen atoms in total. The predicted octanol–water partition coefficient (Wildman–Crippen LogP) is 4.60. The van der Waals surface area contributed by atoms with Gasteiger partial charge in [-0.3, -0.25) is 0 Å². The first-order valence-corrected chi connectivity index (χ1v) is 10.2. The first kappa shape index (κ1) is 24.7. The van der Waals surface area contributed by atoms with Crippen molar-refractivity contribution in [1.29, 1.82) is 0 Å². The Morgan fingerprint density at radius 3 is 2.04 bits per heavy atom. The summed E-state index contributed by atoms with van der Waals surface area (Å²) in [5.74, 6) is -0.362. The number of alkyl carbamates (subject to hydrolysis) is 1. The van der Waals surface area contributed by atoms with Crippen molar-refractivity contribution < 1.29 is 23.8 Å². The average Bonchev–Trinajstić information content (AvgIpc) is 2.63. The van der Waals surface area contributed by atoms with Crippen molar-refractivity contribution >= 4 is 12.1 Å². The van der Waals surface area contributed by atoms with E-state index < -0.39 is 12.1 Å². The standard InChI is InChI=1S/C20H39NO5/c1-4-6-8-10-11-13-15-25-19(22)18(14-12-9-7-5-2)21-20(23)26-17-16-24-3/h18H,4-17H2,1-3H3,(H,21,23). The van der Waals surface area contributed by atoms with Crippen molar-refractivity contribution in [2.45, 2.75) is 90.5 Å². The minimum absolute atomic E-state index is 0.164. The number of esters is 1. The third kappa shape index (κ3) is 15.0. The van der Waals surface area contributed by atoms with Crippen LogP contribution in [0.1, 0.15) is 84.5 Å². The highest BCUT2D eigenvalue weighted by Crippen LogP contribution is 2.09. The molecule has 0 aromatic rings. The Kier molecular flexibility index (Phi) is 17.6. The molecule has 0 saturated heterocycles. The average molecular weight is 374 g/mol. The second-order valence-corrected chi connectivity index (χ2v) is 6.61. The molecule has 1 unspecified atom stereocenters. The van der Waals surface area contributed by atoms with Gasteiger partial charge in [0.05, 0.1) is 13.2 Å². The van der Waals surface area contributed by atoms with Gasteiger partial charge in [-0.05, 0) is 12.8 Å². The third-order valence-electron chi connectivity index (χ3n) is 4.19. The zero-order valence-electron chi connectivity index (χ0n) is 17.0. The number of nitrogens with one attached hydrogen (secondary N) is 1. The Morgan fingerprint density at radius 1 is 0.769 bits per heavy atom. The number of ether oxygens (including phenoxy) is 3. The Morgan fingerprint density at radius 2 is 1.38 bits per heavy atom. The highest BCUT2D eigenvalue weighted by Gasteiger charge is 2.22. The van der Waals surface area contributed by atoms with Crippen molar-refractivity contribution in [3.8, 4) is 0 Å². The molecule has 0 aromatic carbocycles. The second kappa shape index (κ2) is 18.5. The molecule has 0 aliphatic heterocycles. The summed E-state index contributed by atoms with van der Waals surface area (Å²) >= 11 is 0. The summed E-state index contributed by atoms with van der Waals surface area (Å²) < 4.78 is 15.2. The van der Waals surface area contributed by atoms with Crippen molar-refractivity contribution in [3.05, 3.63) is 0 Å². The van der Waals surface area contributed by atoms with Crippen LogP contribution in [0.2, 0.25) is 0 Å². The van der Waals surface area contributed by atoms with Gasteiger partial charge in [0.1, 0.15) is 12.6 Å². The first-order valence-electron chi connectivity index (χ1n) is 10.2. The van der Waals surface area contributed by atoms with Crippen molar-refractivity contribution in [1.82, 2.24) is 5.32 Å². The molecule has 0 aliphatic carbocycles. The molecule has 0 fully saturated rings. The number of hydrogen-bond acceptors (Lipinski definition) is 5. The van der Waals surface area contributed by atoms with Crippen molar-refractivity contribution in [2.75, 3.05) is 26.9 Å². The van der Waals surface area contributed by atoms with Gasteiger partial charge < -0.3 is 19.5 Å². The maximum absolute atomic E-state index is 12.3. The van der Waals surface area contributed by atoms with Crippen LogP contribution >= 0.6 is 0 Å². The van der Waals surface area contributed by atoms with Crippen LogP contribution < -0.4 is 5.32 Å². The summed E-state index contributed by atoms with van der Waals surface area (Å²) in [5.41, 5.74) is 0. The van der Waals surface area contributed by atoms with Gasteiger partial charge in [0.2, 0.25) is 0 Å². The molecule has 0 heterocycles. The number of methoxy groups -OCH3 is 1. The molecule has 0 radical (unpaired) electrons. The number of hydrogen-bond donors (Lipinski definition) is 1. The van der Waals surface area contributed by atoms with Gasteiger partial charge in [-0.25, -0.2) is 9.59 Å². The monoisotopic (exact) mass is 373 g/mol. The van der Waals surface area contributed by atoms with Crippen LogP contribution in [-0.4, -0.2) is 45.0 Å². The highest BCUT2D eigenvalue weighted by atomic mass is 16.6. The van der Waals surface area contributed by atoms with E-state index in [1.165, 1.54) is 32.8 Å². The summed E-state index contributed by atoms with van der Waals surface area (Å²) in [7, 11) is 1.54. The topological polar surface area (TPSA) is 73.9 Å². The zero-order chi connectivity index (χ0) is 19.5. The van der Waals surface area contributed by atoms with Crippen LogP contribution in [0.5, 0.6) is 0 Å². The van der Waals surface area contributed by atoms with E-state index in [4.69, 9.17) is 14.2 Å². The summed E-state index contributed by atoms with van der Waals surface area (Å²) in [5, 5.41) is 2.63. The molecule has 0 spiro atoms. The van der Waals surface area contributed by atoms with E-state index in [1.807, 2.05) is 0 Å². The fourth-order valence-corrected chi connectivity index (χ4v) is 2.58. The molecule has 0 aliphatic rings. The molecule has 0 rings (SSSR count). The molecule has 154 valence electrons. The number of amides is 1. The van der Waals surface area contributed by atoms with E-state index >= 15 is 0 Å². The Bertz CT molecular complexity index is 349. The van der Waals surface area contributed by atoms with Gasteiger partial charge in [0.25, 0.3) is 0 Å². The molecular formula is C20H39NO5. The first-order chi connectivity index (χ1) is 12.7. The van der Waals surface area contributed by atoms with Crippen LogP contribution in [0.25, 0.3) is 0 Å². The number of unbranched alkanes of at least 4 members (excludes halogenated alkanes) is 8. The Hall–Kier alpha value is -1.30.